The summed E-state index contributed by atoms with van der Waals surface area (Å²) in [5, 5.41) is 0. The van der Waals surface area contributed by atoms with Crippen LogP contribution in [-0.2, 0) is 0 Å². The lowest BCUT2D eigenvalue weighted by atomic mass is 9.97. The molecular formula is C15H16BrNO. The second-order valence-electron chi connectivity index (χ2n) is 4.19. The highest BCUT2D eigenvalue weighted by Gasteiger charge is 2.21. The van der Waals surface area contributed by atoms with Crippen LogP contribution in [0.25, 0.3) is 0 Å². The van der Waals surface area contributed by atoms with Gasteiger partial charge in [0.2, 0.25) is 0 Å². The molecule has 94 valence electrons. The van der Waals surface area contributed by atoms with E-state index in [1.54, 1.807) is 7.11 Å². The molecule has 0 aliphatic heterocycles. The van der Waals surface area contributed by atoms with E-state index in [1.807, 2.05) is 42.6 Å². The van der Waals surface area contributed by atoms with Crippen LogP contribution in [0.5, 0.6) is 5.75 Å². The van der Waals surface area contributed by atoms with Gasteiger partial charge < -0.3 is 4.74 Å². The van der Waals surface area contributed by atoms with E-state index >= 15 is 0 Å². The molecule has 0 amide bonds. The number of alkyl halides is 1. The van der Waals surface area contributed by atoms with Gasteiger partial charge in [0, 0.05) is 23.4 Å². The third-order valence-corrected chi connectivity index (χ3v) is 4.32. The predicted molar refractivity (Wildman–Crippen MR) is 77.3 cm³/mol. The number of benzene rings is 1. The van der Waals surface area contributed by atoms with Crippen molar-refractivity contribution in [3.63, 3.8) is 0 Å². The van der Waals surface area contributed by atoms with Crippen LogP contribution < -0.4 is 4.74 Å². The van der Waals surface area contributed by atoms with Crippen LogP contribution in [0.4, 0.5) is 0 Å². The number of rotatable bonds is 4. The predicted octanol–water partition coefficient (Wildman–Crippen LogP) is 4.33. The van der Waals surface area contributed by atoms with E-state index in [0.717, 1.165) is 17.0 Å². The Morgan fingerprint density at radius 1 is 1.11 bits per heavy atom. The van der Waals surface area contributed by atoms with E-state index in [0.29, 0.717) is 0 Å². The molecule has 0 spiro atoms. The average molecular weight is 306 g/mol. The molecule has 2 rings (SSSR count). The fourth-order valence-electron chi connectivity index (χ4n) is 1.96. The molecule has 1 aromatic carbocycles. The Bertz CT molecular complexity index is 501. The summed E-state index contributed by atoms with van der Waals surface area (Å²) in [6.45, 7) is 2.16. The standard InChI is InChI=1S/C15H16BrNO/c1-11(13-8-5-6-10-17-13)15(16)12-7-3-4-9-14(12)18-2/h3-11,15H,1-2H3. The van der Waals surface area contributed by atoms with Gasteiger partial charge in [0.25, 0.3) is 0 Å². The molecule has 2 atom stereocenters. The maximum Gasteiger partial charge on any atom is 0.123 e. The minimum Gasteiger partial charge on any atom is -0.496 e. The van der Waals surface area contributed by atoms with Gasteiger partial charge in [-0.25, -0.2) is 0 Å². The van der Waals surface area contributed by atoms with Crippen LogP contribution >= 0.6 is 15.9 Å². The molecule has 1 aromatic heterocycles. The Kier molecular flexibility index (Phi) is 4.37. The van der Waals surface area contributed by atoms with Crippen LogP contribution in [0, 0.1) is 0 Å². The first-order chi connectivity index (χ1) is 8.74. The number of ether oxygens (including phenoxy) is 1. The molecule has 0 aliphatic rings. The zero-order valence-electron chi connectivity index (χ0n) is 10.5. The molecule has 3 heteroatoms. The Labute approximate surface area is 116 Å². The lowest BCUT2D eigenvalue weighted by Crippen LogP contribution is -2.05. The van der Waals surface area contributed by atoms with Gasteiger partial charge in [-0.1, -0.05) is 47.1 Å². The fraction of sp³-hybridized carbons (Fsp3) is 0.267. The van der Waals surface area contributed by atoms with Crippen LogP contribution in [-0.4, -0.2) is 12.1 Å². The largest absolute Gasteiger partial charge is 0.496 e. The molecule has 2 aromatic rings. The van der Waals surface area contributed by atoms with Gasteiger partial charge in [0.15, 0.2) is 0 Å². The second kappa shape index (κ2) is 6.01. The molecule has 0 saturated heterocycles. The molecule has 0 saturated carbocycles. The summed E-state index contributed by atoms with van der Waals surface area (Å²) in [7, 11) is 1.70. The van der Waals surface area contributed by atoms with Crippen molar-refractivity contribution in [2.45, 2.75) is 17.7 Å². The van der Waals surface area contributed by atoms with Gasteiger partial charge >= 0.3 is 0 Å². The van der Waals surface area contributed by atoms with E-state index < -0.39 is 0 Å². The minimum atomic E-state index is 0.184. The summed E-state index contributed by atoms with van der Waals surface area (Å²) in [4.78, 5) is 4.59. The molecule has 18 heavy (non-hydrogen) atoms. The summed E-state index contributed by atoms with van der Waals surface area (Å²) < 4.78 is 5.40. The van der Waals surface area contributed by atoms with Crippen molar-refractivity contribution in [1.82, 2.24) is 4.98 Å². The number of methoxy groups -OCH3 is 1. The summed E-state index contributed by atoms with van der Waals surface area (Å²) in [5.41, 5.74) is 2.23. The summed E-state index contributed by atoms with van der Waals surface area (Å²) in [6, 6.07) is 14.1. The van der Waals surface area contributed by atoms with Crippen LogP contribution in [0.2, 0.25) is 0 Å². The molecule has 0 fully saturated rings. The van der Waals surface area contributed by atoms with Crippen molar-refractivity contribution in [2.24, 2.45) is 0 Å². The number of pyridine rings is 1. The minimum absolute atomic E-state index is 0.184. The van der Waals surface area contributed by atoms with Crippen molar-refractivity contribution in [3.05, 3.63) is 59.9 Å². The van der Waals surface area contributed by atoms with E-state index in [9.17, 15) is 0 Å². The van der Waals surface area contributed by atoms with Gasteiger partial charge in [0.1, 0.15) is 5.75 Å². The highest BCUT2D eigenvalue weighted by atomic mass is 79.9. The smallest absolute Gasteiger partial charge is 0.123 e. The molecule has 1 heterocycles. The first-order valence-corrected chi connectivity index (χ1v) is 6.83. The first kappa shape index (κ1) is 13.1. The highest BCUT2D eigenvalue weighted by Crippen LogP contribution is 2.40. The third kappa shape index (κ3) is 2.72. The Balaban J connectivity index is 2.28. The van der Waals surface area contributed by atoms with Crippen molar-refractivity contribution in [3.8, 4) is 5.75 Å². The van der Waals surface area contributed by atoms with Gasteiger partial charge in [0.05, 0.1) is 11.9 Å². The SMILES string of the molecule is COc1ccccc1C(Br)C(C)c1ccccn1. The zero-order chi connectivity index (χ0) is 13.0. The summed E-state index contributed by atoms with van der Waals surface area (Å²) >= 11 is 3.76. The summed E-state index contributed by atoms with van der Waals surface area (Å²) in [5.74, 6) is 1.18. The molecular weight excluding hydrogens is 290 g/mol. The monoisotopic (exact) mass is 305 g/mol. The number of hydrogen-bond donors (Lipinski definition) is 0. The maximum atomic E-state index is 5.40. The molecule has 0 bridgehead atoms. The summed E-state index contributed by atoms with van der Waals surface area (Å²) in [6.07, 6.45) is 1.83. The lowest BCUT2D eigenvalue weighted by Gasteiger charge is -2.20. The average Bonchev–Trinajstić information content (AvgIpc) is 2.46. The Morgan fingerprint density at radius 3 is 2.50 bits per heavy atom. The number of nitrogens with zero attached hydrogens (tertiary/aromatic N) is 1. The van der Waals surface area contributed by atoms with Gasteiger partial charge in [-0.2, -0.15) is 0 Å². The number of aromatic nitrogens is 1. The lowest BCUT2D eigenvalue weighted by molar-refractivity contribution is 0.408. The van der Waals surface area contributed by atoms with Gasteiger partial charge in [-0.15, -0.1) is 0 Å². The molecule has 2 nitrogen and oxygen atoms in total. The third-order valence-electron chi connectivity index (χ3n) is 3.03. The van der Waals surface area contributed by atoms with Crippen molar-refractivity contribution >= 4 is 15.9 Å². The van der Waals surface area contributed by atoms with Crippen LogP contribution in [0.15, 0.2) is 48.7 Å². The van der Waals surface area contributed by atoms with Crippen molar-refractivity contribution in [2.75, 3.05) is 7.11 Å². The molecule has 0 aliphatic carbocycles. The van der Waals surface area contributed by atoms with E-state index in [4.69, 9.17) is 4.74 Å². The van der Waals surface area contributed by atoms with Gasteiger partial charge in [-0.3, -0.25) is 4.98 Å². The van der Waals surface area contributed by atoms with Gasteiger partial charge in [-0.05, 0) is 18.2 Å². The second-order valence-corrected chi connectivity index (χ2v) is 5.17. The van der Waals surface area contributed by atoms with E-state index in [2.05, 4.69) is 33.9 Å². The quantitative estimate of drug-likeness (QED) is 0.784. The maximum absolute atomic E-state index is 5.40. The van der Waals surface area contributed by atoms with Crippen molar-refractivity contribution in [1.29, 1.82) is 0 Å². The normalized spacial score (nSPS) is 13.9. The molecule has 0 N–H and O–H groups in total. The van der Waals surface area contributed by atoms with Crippen molar-refractivity contribution < 1.29 is 4.74 Å². The zero-order valence-corrected chi connectivity index (χ0v) is 12.1. The number of halogens is 1. The molecule has 0 radical (unpaired) electrons. The number of para-hydroxylation sites is 1. The molecule has 2 unspecified atom stereocenters. The Morgan fingerprint density at radius 2 is 1.83 bits per heavy atom. The topological polar surface area (TPSA) is 22.1 Å². The first-order valence-electron chi connectivity index (χ1n) is 5.92. The Hall–Kier alpha value is -1.35. The fourth-order valence-corrected chi connectivity index (χ4v) is 2.61. The van der Waals surface area contributed by atoms with Crippen LogP contribution in [0.1, 0.15) is 28.9 Å². The number of hydrogen-bond acceptors (Lipinski definition) is 2. The van der Waals surface area contributed by atoms with Crippen LogP contribution in [0.3, 0.4) is 0 Å². The highest BCUT2D eigenvalue weighted by molar-refractivity contribution is 9.09. The van der Waals surface area contributed by atoms with E-state index in [1.165, 1.54) is 0 Å². The van der Waals surface area contributed by atoms with E-state index in [-0.39, 0.29) is 10.7 Å².